The zero-order valence-corrected chi connectivity index (χ0v) is 14.8. The second kappa shape index (κ2) is 6.13. The predicted octanol–water partition coefficient (Wildman–Crippen LogP) is 4.58. The highest BCUT2D eigenvalue weighted by molar-refractivity contribution is 7.21. The molecular formula is C18H13ClFN3OS. The highest BCUT2D eigenvalue weighted by atomic mass is 35.5. The van der Waals surface area contributed by atoms with Crippen molar-refractivity contribution in [2.24, 2.45) is 0 Å². The van der Waals surface area contributed by atoms with Gasteiger partial charge in [0.25, 0.3) is 5.91 Å². The van der Waals surface area contributed by atoms with Crippen molar-refractivity contribution in [2.75, 3.05) is 0 Å². The minimum absolute atomic E-state index is 0.229. The molecule has 1 N–H and O–H groups in total. The zero-order valence-electron chi connectivity index (χ0n) is 13.2. The van der Waals surface area contributed by atoms with Gasteiger partial charge in [-0.25, -0.2) is 9.37 Å². The minimum Gasteiger partial charge on any atom is -0.346 e. The molecule has 25 heavy (non-hydrogen) atoms. The number of carbonyl (C=O) groups is 1. The van der Waals surface area contributed by atoms with Gasteiger partial charge in [-0.3, -0.25) is 4.79 Å². The van der Waals surface area contributed by atoms with Crippen LogP contribution in [0.25, 0.3) is 15.7 Å². The predicted molar refractivity (Wildman–Crippen MR) is 97.9 cm³/mol. The average molecular weight is 374 g/mol. The number of nitrogens with zero attached hydrogens (tertiary/aromatic N) is 2. The van der Waals surface area contributed by atoms with Gasteiger partial charge in [-0.05, 0) is 36.8 Å². The topological polar surface area (TPSA) is 46.4 Å². The Morgan fingerprint density at radius 2 is 2.16 bits per heavy atom. The number of pyridine rings is 1. The first-order valence-electron chi connectivity index (χ1n) is 7.62. The van der Waals surface area contributed by atoms with E-state index < -0.39 is 0 Å². The SMILES string of the molecule is Cc1c(C(=O)NCc2cn3cc(Cl)ccc3n2)sc2cccc(F)c12. The molecule has 0 bridgehead atoms. The van der Waals surface area contributed by atoms with Crippen molar-refractivity contribution in [3.8, 4) is 0 Å². The van der Waals surface area contributed by atoms with Crippen molar-refractivity contribution in [3.05, 3.63) is 69.7 Å². The molecule has 0 radical (unpaired) electrons. The molecule has 126 valence electrons. The van der Waals surface area contributed by atoms with Crippen LogP contribution >= 0.6 is 22.9 Å². The van der Waals surface area contributed by atoms with E-state index >= 15 is 0 Å². The summed E-state index contributed by atoms with van der Waals surface area (Å²) in [6.07, 6.45) is 3.58. The van der Waals surface area contributed by atoms with Crippen LogP contribution < -0.4 is 5.32 Å². The van der Waals surface area contributed by atoms with E-state index in [0.29, 0.717) is 20.8 Å². The molecule has 4 rings (SSSR count). The minimum atomic E-state index is -0.303. The van der Waals surface area contributed by atoms with Crippen LogP contribution in [0, 0.1) is 12.7 Å². The van der Waals surface area contributed by atoms with Gasteiger partial charge >= 0.3 is 0 Å². The molecule has 4 aromatic rings. The van der Waals surface area contributed by atoms with Crippen LogP contribution in [0.2, 0.25) is 5.02 Å². The van der Waals surface area contributed by atoms with E-state index in [0.717, 1.165) is 16.0 Å². The van der Waals surface area contributed by atoms with E-state index in [2.05, 4.69) is 10.3 Å². The third-order valence-electron chi connectivity index (χ3n) is 4.00. The largest absolute Gasteiger partial charge is 0.346 e. The van der Waals surface area contributed by atoms with Crippen molar-refractivity contribution in [3.63, 3.8) is 0 Å². The molecule has 4 nitrogen and oxygen atoms in total. The first-order valence-corrected chi connectivity index (χ1v) is 8.81. The normalized spacial score (nSPS) is 11.3. The number of aryl methyl sites for hydroxylation is 1. The smallest absolute Gasteiger partial charge is 0.261 e. The van der Waals surface area contributed by atoms with Gasteiger partial charge in [0.1, 0.15) is 11.5 Å². The second-order valence-electron chi connectivity index (χ2n) is 5.70. The number of benzene rings is 1. The fraction of sp³-hybridized carbons (Fsp3) is 0.111. The van der Waals surface area contributed by atoms with Gasteiger partial charge in [0.2, 0.25) is 0 Å². The Bertz CT molecular complexity index is 1120. The van der Waals surface area contributed by atoms with Crippen LogP contribution in [-0.4, -0.2) is 15.3 Å². The number of fused-ring (bicyclic) bond motifs is 2. The van der Waals surface area contributed by atoms with Crippen LogP contribution in [0.1, 0.15) is 20.9 Å². The number of carbonyl (C=O) groups excluding carboxylic acids is 1. The van der Waals surface area contributed by atoms with Gasteiger partial charge in [0.05, 0.1) is 22.1 Å². The van der Waals surface area contributed by atoms with Gasteiger partial charge in [0.15, 0.2) is 0 Å². The van der Waals surface area contributed by atoms with Crippen LogP contribution in [0.4, 0.5) is 4.39 Å². The first kappa shape index (κ1) is 16.1. The number of amides is 1. The van der Waals surface area contributed by atoms with Gasteiger partial charge in [-0.2, -0.15) is 0 Å². The number of thiophene rings is 1. The summed E-state index contributed by atoms with van der Waals surface area (Å²) in [6, 6.07) is 8.45. The summed E-state index contributed by atoms with van der Waals surface area (Å²) in [6.45, 7) is 2.05. The fourth-order valence-electron chi connectivity index (χ4n) is 2.82. The van der Waals surface area contributed by atoms with Crippen LogP contribution in [-0.2, 0) is 6.54 Å². The molecule has 0 saturated heterocycles. The molecular weight excluding hydrogens is 361 g/mol. The lowest BCUT2D eigenvalue weighted by molar-refractivity contribution is 0.0954. The van der Waals surface area contributed by atoms with Crippen molar-refractivity contribution in [1.29, 1.82) is 0 Å². The molecule has 0 fully saturated rings. The van der Waals surface area contributed by atoms with E-state index in [4.69, 9.17) is 11.6 Å². The zero-order chi connectivity index (χ0) is 17.6. The van der Waals surface area contributed by atoms with Crippen molar-refractivity contribution >= 4 is 44.6 Å². The summed E-state index contributed by atoms with van der Waals surface area (Å²) in [4.78, 5) is 17.5. The molecule has 7 heteroatoms. The molecule has 0 spiro atoms. The number of halogens is 2. The second-order valence-corrected chi connectivity index (χ2v) is 7.19. The quantitative estimate of drug-likeness (QED) is 0.571. The maximum absolute atomic E-state index is 14.0. The van der Waals surface area contributed by atoms with E-state index in [9.17, 15) is 9.18 Å². The van der Waals surface area contributed by atoms with Crippen LogP contribution in [0.15, 0.2) is 42.7 Å². The number of imidazole rings is 1. The maximum atomic E-state index is 14.0. The average Bonchev–Trinajstić information content (AvgIpc) is 3.14. The Balaban J connectivity index is 1.57. The van der Waals surface area contributed by atoms with Crippen molar-refractivity contribution < 1.29 is 9.18 Å². The highest BCUT2D eigenvalue weighted by Crippen LogP contribution is 2.32. The Kier molecular flexibility index (Phi) is 3.94. The Morgan fingerprint density at radius 3 is 2.96 bits per heavy atom. The van der Waals surface area contributed by atoms with Crippen LogP contribution in [0.3, 0.4) is 0 Å². The Hall–Kier alpha value is -2.44. The van der Waals surface area contributed by atoms with Crippen molar-refractivity contribution in [2.45, 2.75) is 13.5 Å². The summed E-state index contributed by atoms with van der Waals surface area (Å²) in [7, 11) is 0. The molecule has 3 aromatic heterocycles. The number of hydrogen-bond acceptors (Lipinski definition) is 3. The van der Waals surface area contributed by atoms with E-state index in [-0.39, 0.29) is 18.3 Å². The number of nitrogens with one attached hydrogen (secondary N) is 1. The van der Waals surface area contributed by atoms with Gasteiger partial charge in [-0.1, -0.05) is 17.7 Å². The van der Waals surface area contributed by atoms with Crippen LogP contribution in [0.5, 0.6) is 0 Å². The summed E-state index contributed by atoms with van der Waals surface area (Å²) < 4.78 is 16.6. The maximum Gasteiger partial charge on any atom is 0.261 e. The molecule has 1 amide bonds. The lowest BCUT2D eigenvalue weighted by Gasteiger charge is -2.02. The van der Waals surface area contributed by atoms with Gasteiger partial charge in [0, 0.05) is 22.5 Å². The van der Waals surface area contributed by atoms with E-state index in [1.165, 1.54) is 17.4 Å². The molecule has 0 saturated carbocycles. The molecule has 0 unspecified atom stereocenters. The molecule has 1 aromatic carbocycles. The summed E-state index contributed by atoms with van der Waals surface area (Å²) in [5, 5.41) is 3.98. The molecule has 0 aliphatic carbocycles. The first-order chi connectivity index (χ1) is 12.0. The lowest BCUT2D eigenvalue weighted by Crippen LogP contribution is -2.22. The molecule has 0 aliphatic heterocycles. The molecule has 3 heterocycles. The summed E-state index contributed by atoms with van der Waals surface area (Å²) in [5.41, 5.74) is 2.15. The Labute approximate surface area is 151 Å². The number of rotatable bonds is 3. The third kappa shape index (κ3) is 2.88. The summed E-state index contributed by atoms with van der Waals surface area (Å²) >= 11 is 7.25. The monoisotopic (exact) mass is 373 g/mol. The standard InChI is InChI=1S/C18H13ClFN3OS/c1-10-16-13(20)3-2-4-14(16)25-17(10)18(24)21-7-12-9-23-8-11(19)5-6-15(23)22-12/h2-6,8-9H,7H2,1H3,(H,21,24). The molecule has 0 atom stereocenters. The van der Waals surface area contributed by atoms with Gasteiger partial charge in [-0.15, -0.1) is 11.3 Å². The van der Waals surface area contributed by atoms with E-state index in [1.54, 1.807) is 25.3 Å². The number of hydrogen-bond donors (Lipinski definition) is 1. The Morgan fingerprint density at radius 1 is 1.32 bits per heavy atom. The molecule has 0 aliphatic rings. The fourth-order valence-corrected chi connectivity index (χ4v) is 4.13. The highest BCUT2D eigenvalue weighted by Gasteiger charge is 2.17. The third-order valence-corrected chi connectivity index (χ3v) is 5.48. The van der Waals surface area contributed by atoms with Crippen molar-refractivity contribution in [1.82, 2.24) is 14.7 Å². The summed E-state index contributed by atoms with van der Waals surface area (Å²) in [5.74, 6) is -0.532. The number of aromatic nitrogens is 2. The van der Waals surface area contributed by atoms with E-state index in [1.807, 2.05) is 22.7 Å². The van der Waals surface area contributed by atoms with Gasteiger partial charge < -0.3 is 9.72 Å². The lowest BCUT2D eigenvalue weighted by atomic mass is 10.1.